The van der Waals surface area contributed by atoms with Crippen LogP contribution in [0, 0.1) is 6.92 Å². The molecule has 0 aromatic heterocycles. The predicted octanol–water partition coefficient (Wildman–Crippen LogP) is 4.10. The van der Waals surface area contributed by atoms with Gasteiger partial charge in [-0.1, -0.05) is 55.5 Å². The van der Waals surface area contributed by atoms with E-state index in [1.807, 2.05) is 89.2 Å². The number of nitrogens with zero attached hydrogens (tertiary/aromatic N) is 1. The molecule has 156 valence electrons. The molecule has 0 saturated heterocycles. The maximum Gasteiger partial charge on any atom is 0.261 e. The highest BCUT2D eigenvalue weighted by Crippen LogP contribution is 2.18. The summed E-state index contributed by atoms with van der Waals surface area (Å²) in [6, 6.07) is 16.7. The zero-order chi connectivity index (χ0) is 21.4. The van der Waals surface area contributed by atoms with E-state index in [9.17, 15) is 9.59 Å². The lowest BCUT2D eigenvalue weighted by Gasteiger charge is -2.33. The van der Waals surface area contributed by atoms with Gasteiger partial charge in [-0.3, -0.25) is 9.59 Å². The standard InChI is InChI=1S/C24H32N2O3/c1-6-20(23(28)25-24(3,4)5)26(16-19-13-8-7-9-14-19)22(27)17-29-21-15-11-10-12-18(21)2/h7-15,20H,6,16-17H2,1-5H3,(H,25,28). The van der Waals surface area contributed by atoms with E-state index in [1.165, 1.54) is 0 Å². The second kappa shape index (κ2) is 10.1. The number of hydrogen-bond acceptors (Lipinski definition) is 3. The highest BCUT2D eigenvalue weighted by Gasteiger charge is 2.30. The predicted molar refractivity (Wildman–Crippen MR) is 116 cm³/mol. The van der Waals surface area contributed by atoms with Gasteiger partial charge in [-0.25, -0.2) is 0 Å². The van der Waals surface area contributed by atoms with E-state index in [1.54, 1.807) is 4.90 Å². The van der Waals surface area contributed by atoms with Gasteiger partial charge in [0.1, 0.15) is 11.8 Å². The summed E-state index contributed by atoms with van der Waals surface area (Å²) in [4.78, 5) is 27.7. The van der Waals surface area contributed by atoms with Gasteiger partial charge >= 0.3 is 0 Å². The number of rotatable bonds is 8. The maximum absolute atomic E-state index is 13.1. The SMILES string of the molecule is CCC(C(=O)NC(C)(C)C)N(Cc1ccccc1)C(=O)COc1ccccc1C. The number of amides is 2. The normalized spacial score (nSPS) is 12.2. The molecule has 2 aromatic carbocycles. The molecule has 0 aliphatic heterocycles. The molecule has 5 nitrogen and oxygen atoms in total. The molecule has 0 fully saturated rings. The summed E-state index contributed by atoms with van der Waals surface area (Å²) in [5.41, 5.74) is 1.56. The Hall–Kier alpha value is -2.82. The molecule has 29 heavy (non-hydrogen) atoms. The van der Waals surface area contributed by atoms with Crippen molar-refractivity contribution < 1.29 is 14.3 Å². The minimum atomic E-state index is -0.567. The van der Waals surface area contributed by atoms with Crippen LogP contribution in [0.2, 0.25) is 0 Å². The first-order chi connectivity index (χ1) is 13.7. The van der Waals surface area contributed by atoms with Gasteiger partial charge in [-0.2, -0.15) is 0 Å². The molecule has 0 aliphatic rings. The van der Waals surface area contributed by atoms with Crippen molar-refractivity contribution in [1.29, 1.82) is 0 Å². The Balaban J connectivity index is 2.21. The Labute approximate surface area is 174 Å². The van der Waals surface area contributed by atoms with Crippen LogP contribution < -0.4 is 10.1 Å². The third-order valence-electron chi connectivity index (χ3n) is 4.52. The lowest BCUT2D eigenvalue weighted by Crippen LogP contribution is -2.54. The summed E-state index contributed by atoms with van der Waals surface area (Å²) in [7, 11) is 0. The molecule has 0 spiro atoms. The highest BCUT2D eigenvalue weighted by atomic mass is 16.5. The Morgan fingerprint density at radius 3 is 2.24 bits per heavy atom. The molecule has 2 aromatic rings. The average Bonchev–Trinajstić information content (AvgIpc) is 2.66. The van der Waals surface area contributed by atoms with E-state index in [4.69, 9.17) is 4.74 Å². The minimum Gasteiger partial charge on any atom is -0.484 e. The van der Waals surface area contributed by atoms with E-state index in [0.29, 0.717) is 18.7 Å². The smallest absolute Gasteiger partial charge is 0.261 e. The largest absolute Gasteiger partial charge is 0.484 e. The highest BCUT2D eigenvalue weighted by molar-refractivity contribution is 5.88. The summed E-state index contributed by atoms with van der Waals surface area (Å²) in [5, 5.41) is 3.00. The molecule has 1 unspecified atom stereocenters. The molecule has 5 heteroatoms. The van der Waals surface area contributed by atoms with Crippen LogP contribution in [0.15, 0.2) is 54.6 Å². The number of carbonyl (C=O) groups is 2. The van der Waals surface area contributed by atoms with Crippen LogP contribution in [0.3, 0.4) is 0 Å². The van der Waals surface area contributed by atoms with Gasteiger partial charge in [0.25, 0.3) is 5.91 Å². The van der Waals surface area contributed by atoms with E-state index in [-0.39, 0.29) is 24.0 Å². The fourth-order valence-electron chi connectivity index (χ4n) is 3.09. The summed E-state index contributed by atoms with van der Waals surface area (Å²) < 4.78 is 5.77. The zero-order valence-electron chi connectivity index (χ0n) is 18.1. The van der Waals surface area contributed by atoms with Crippen LogP contribution in [-0.2, 0) is 16.1 Å². The summed E-state index contributed by atoms with van der Waals surface area (Å²) >= 11 is 0. The van der Waals surface area contributed by atoms with Crippen LogP contribution in [0.25, 0.3) is 0 Å². The van der Waals surface area contributed by atoms with Crippen molar-refractivity contribution in [1.82, 2.24) is 10.2 Å². The number of para-hydroxylation sites is 1. The lowest BCUT2D eigenvalue weighted by molar-refractivity contribution is -0.143. The number of carbonyl (C=O) groups excluding carboxylic acids is 2. The van der Waals surface area contributed by atoms with E-state index in [0.717, 1.165) is 11.1 Å². The topological polar surface area (TPSA) is 58.6 Å². The maximum atomic E-state index is 13.1. The quantitative estimate of drug-likeness (QED) is 0.731. The number of ether oxygens (including phenoxy) is 1. The molecule has 0 heterocycles. The fourth-order valence-corrected chi connectivity index (χ4v) is 3.09. The second-order valence-electron chi connectivity index (χ2n) is 8.22. The van der Waals surface area contributed by atoms with Crippen LogP contribution in [-0.4, -0.2) is 34.9 Å². The van der Waals surface area contributed by atoms with Crippen molar-refractivity contribution >= 4 is 11.8 Å². The first-order valence-electron chi connectivity index (χ1n) is 10.0. The van der Waals surface area contributed by atoms with Crippen LogP contribution in [0.4, 0.5) is 0 Å². The minimum absolute atomic E-state index is 0.114. The zero-order valence-corrected chi connectivity index (χ0v) is 18.1. The Morgan fingerprint density at radius 2 is 1.66 bits per heavy atom. The molecule has 0 aliphatic carbocycles. The van der Waals surface area contributed by atoms with Crippen LogP contribution in [0.1, 0.15) is 45.2 Å². The number of benzene rings is 2. The molecule has 2 rings (SSSR count). The third kappa shape index (κ3) is 6.93. The first-order valence-corrected chi connectivity index (χ1v) is 10.0. The number of nitrogens with one attached hydrogen (secondary N) is 1. The third-order valence-corrected chi connectivity index (χ3v) is 4.52. The summed E-state index contributed by atoms with van der Waals surface area (Å²) in [5.74, 6) is 0.306. The molecule has 1 N–H and O–H groups in total. The van der Waals surface area contributed by atoms with Crippen molar-refractivity contribution in [2.75, 3.05) is 6.61 Å². The number of aryl methyl sites for hydroxylation is 1. The van der Waals surface area contributed by atoms with Crippen molar-refractivity contribution in [3.63, 3.8) is 0 Å². The molecule has 0 bridgehead atoms. The monoisotopic (exact) mass is 396 g/mol. The second-order valence-corrected chi connectivity index (χ2v) is 8.22. The van der Waals surface area contributed by atoms with Crippen molar-refractivity contribution in [3.8, 4) is 5.75 Å². The van der Waals surface area contributed by atoms with Gasteiger partial charge in [-0.15, -0.1) is 0 Å². The van der Waals surface area contributed by atoms with E-state index in [2.05, 4.69) is 5.32 Å². The van der Waals surface area contributed by atoms with Crippen molar-refractivity contribution in [3.05, 3.63) is 65.7 Å². The van der Waals surface area contributed by atoms with Gasteiger partial charge in [-0.05, 0) is 51.3 Å². The van der Waals surface area contributed by atoms with Gasteiger partial charge < -0.3 is 15.0 Å². The van der Waals surface area contributed by atoms with E-state index < -0.39 is 6.04 Å². The molecule has 2 amide bonds. The summed E-state index contributed by atoms with van der Waals surface area (Å²) in [6.07, 6.45) is 0.519. The molecular weight excluding hydrogens is 364 g/mol. The summed E-state index contributed by atoms with van der Waals surface area (Å²) in [6.45, 7) is 9.89. The average molecular weight is 397 g/mol. The van der Waals surface area contributed by atoms with Crippen LogP contribution in [0.5, 0.6) is 5.75 Å². The lowest BCUT2D eigenvalue weighted by atomic mass is 10.1. The van der Waals surface area contributed by atoms with Crippen LogP contribution >= 0.6 is 0 Å². The number of hydrogen-bond donors (Lipinski definition) is 1. The Kier molecular flexibility index (Phi) is 7.82. The molecule has 0 saturated carbocycles. The van der Waals surface area contributed by atoms with Crippen molar-refractivity contribution in [2.24, 2.45) is 0 Å². The Bertz CT molecular complexity index is 812. The molecular formula is C24H32N2O3. The van der Waals surface area contributed by atoms with Gasteiger partial charge in [0.05, 0.1) is 0 Å². The van der Waals surface area contributed by atoms with Gasteiger partial charge in [0.2, 0.25) is 5.91 Å². The Morgan fingerprint density at radius 1 is 1.03 bits per heavy atom. The molecule has 0 radical (unpaired) electrons. The van der Waals surface area contributed by atoms with E-state index >= 15 is 0 Å². The van der Waals surface area contributed by atoms with Gasteiger partial charge in [0, 0.05) is 12.1 Å². The fraction of sp³-hybridized carbons (Fsp3) is 0.417. The first kappa shape index (κ1) is 22.5. The van der Waals surface area contributed by atoms with Crippen molar-refractivity contribution in [2.45, 2.75) is 59.2 Å². The molecule has 1 atom stereocenters. The van der Waals surface area contributed by atoms with Gasteiger partial charge in [0.15, 0.2) is 6.61 Å².